The number of piperazine rings is 1. The van der Waals surface area contributed by atoms with Crippen LogP contribution in [-0.2, 0) is 6.54 Å². The average Bonchev–Trinajstić information content (AvgIpc) is 3.12. The Balaban J connectivity index is 1.35. The molecule has 2 aromatic heterocycles. The molecule has 5 nitrogen and oxygen atoms in total. The summed E-state index contributed by atoms with van der Waals surface area (Å²) in [6.07, 6.45) is 2.15. The smallest absolute Gasteiger partial charge is 0.258 e. The predicted molar refractivity (Wildman–Crippen MR) is 114 cm³/mol. The Hall–Kier alpha value is -3.05. The fourth-order valence-corrected chi connectivity index (χ4v) is 4.28. The van der Waals surface area contributed by atoms with E-state index in [0.29, 0.717) is 0 Å². The van der Waals surface area contributed by atoms with E-state index < -0.39 is 0 Å². The summed E-state index contributed by atoms with van der Waals surface area (Å²) in [6.45, 7) is 7.24. The number of aromatic nitrogens is 2. The molecule has 1 saturated heterocycles. The summed E-state index contributed by atoms with van der Waals surface area (Å²) in [6, 6.07) is 18.5. The highest BCUT2D eigenvalue weighted by molar-refractivity contribution is 5.80. The van der Waals surface area contributed by atoms with E-state index in [9.17, 15) is 4.79 Å². The molecule has 1 N–H and O–H groups in total. The van der Waals surface area contributed by atoms with Crippen LogP contribution in [-0.4, -0.2) is 40.5 Å². The van der Waals surface area contributed by atoms with Gasteiger partial charge in [-0.05, 0) is 42.3 Å². The average molecular weight is 372 g/mol. The lowest BCUT2D eigenvalue weighted by Crippen LogP contribution is -2.46. The van der Waals surface area contributed by atoms with E-state index in [4.69, 9.17) is 0 Å². The summed E-state index contributed by atoms with van der Waals surface area (Å²) < 4.78 is 2.09. The lowest BCUT2D eigenvalue weighted by atomic mass is 10.1. The number of nitrogens with one attached hydrogen (secondary N) is 1. The maximum absolute atomic E-state index is 12.3. The van der Waals surface area contributed by atoms with Gasteiger partial charge in [0.2, 0.25) is 0 Å². The number of benzene rings is 2. The molecule has 4 aromatic rings. The number of aryl methyl sites for hydroxylation is 1. The number of para-hydroxylation sites is 2. The predicted octanol–water partition coefficient (Wildman–Crippen LogP) is 3.41. The lowest BCUT2D eigenvalue weighted by Gasteiger charge is -2.36. The number of rotatable bonds is 3. The molecule has 0 unspecified atom stereocenters. The normalized spacial score (nSPS) is 15.5. The van der Waals surface area contributed by atoms with Crippen molar-refractivity contribution >= 4 is 22.2 Å². The van der Waals surface area contributed by atoms with Gasteiger partial charge in [0.25, 0.3) is 5.56 Å². The maximum Gasteiger partial charge on any atom is 0.258 e. The highest BCUT2D eigenvalue weighted by atomic mass is 16.1. The van der Waals surface area contributed by atoms with Gasteiger partial charge in [-0.25, -0.2) is 0 Å². The van der Waals surface area contributed by atoms with Crippen LogP contribution in [0.25, 0.3) is 16.6 Å². The van der Waals surface area contributed by atoms with Gasteiger partial charge in [-0.15, -0.1) is 0 Å². The van der Waals surface area contributed by atoms with Crippen LogP contribution in [0, 0.1) is 6.92 Å². The number of fused-ring (bicyclic) bond motifs is 3. The number of hydrogen-bond donors (Lipinski definition) is 1. The van der Waals surface area contributed by atoms with Crippen LogP contribution in [0.5, 0.6) is 0 Å². The van der Waals surface area contributed by atoms with Crippen molar-refractivity contribution in [2.24, 2.45) is 0 Å². The van der Waals surface area contributed by atoms with Crippen LogP contribution in [0.2, 0.25) is 0 Å². The van der Waals surface area contributed by atoms with Gasteiger partial charge in [-0.2, -0.15) is 0 Å². The zero-order valence-electron chi connectivity index (χ0n) is 16.1. The van der Waals surface area contributed by atoms with Gasteiger partial charge >= 0.3 is 0 Å². The molecule has 3 heterocycles. The molecule has 0 saturated carbocycles. The second kappa shape index (κ2) is 6.84. The molecule has 142 valence electrons. The van der Waals surface area contributed by atoms with Crippen LogP contribution in [0.15, 0.2) is 65.6 Å². The standard InChI is InChI=1S/C23H24N4O/c1-17-6-2-4-8-20(17)26-12-10-25(11-13-26)15-18-14-22-24-23(28)19-7-3-5-9-21(19)27(22)16-18/h2-9,14,16H,10-13,15H2,1H3,(H,24,28). The maximum atomic E-state index is 12.3. The summed E-state index contributed by atoms with van der Waals surface area (Å²) in [5.41, 5.74) is 5.70. The third-order valence-electron chi connectivity index (χ3n) is 5.76. The van der Waals surface area contributed by atoms with E-state index in [-0.39, 0.29) is 5.56 Å². The van der Waals surface area contributed by atoms with Gasteiger partial charge in [-0.1, -0.05) is 30.3 Å². The van der Waals surface area contributed by atoms with Crippen molar-refractivity contribution in [1.29, 1.82) is 0 Å². The van der Waals surface area contributed by atoms with Crippen molar-refractivity contribution in [1.82, 2.24) is 14.3 Å². The Kier molecular flexibility index (Phi) is 4.17. The highest BCUT2D eigenvalue weighted by Crippen LogP contribution is 2.22. The van der Waals surface area contributed by atoms with Gasteiger partial charge in [0.1, 0.15) is 5.65 Å². The summed E-state index contributed by atoms with van der Waals surface area (Å²) in [5, 5.41) is 0.726. The quantitative estimate of drug-likeness (QED) is 0.599. The molecule has 0 amide bonds. The molecule has 0 aliphatic carbocycles. The van der Waals surface area contributed by atoms with E-state index in [2.05, 4.69) is 62.6 Å². The van der Waals surface area contributed by atoms with E-state index in [1.165, 1.54) is 16.8 Å². The van der Waals surface area contributed by atoms with E-state index in [1.807, 2.05) is 24.3 Å². The summed E-state index contributed by atoms with van der Waals surface area (Å²) in [5.74, 6) is 0. The van der Waals surface area contributed by atoms with E-state index in [1.54, 1.807) is 0 Å². The first-order chi connectivity index (χ1) is 13.7. The molecule has 0 radical (unpaired) electrons. The minimum absolute atomic E-state index is 0.0282. The fraction of sp³-hybridized carbons (Fsp3) is 0.261. The molecule has 5 heteroatoms. The van der Waals surface area contributed by atoms with Crippen LogP contribution in [0.3, 0.4) is 0 Å². The van der Waals surface area contributed by atoms with Crippen LogP contribution < -0.4 is 10.5 Å². The molecule has 0 bridgehead atoms. The third kappa shape index (κ3) is 2.98. The van der Waals surface area contributed by atoms with Crippen molar-refractivity contribution in [3.05, 3.63) is 82.3 Å². The SMILES string of the molecule is Cc1ccccc1N1CCN(Cc2cc3[nH]c(=O)c4ccccc4n3c2)CC1. The van der Waals surface area contributed by atoms with Crippen molar-refractivity contribution in [3.8, 4) is 0 Å². The molecular weight excluding hydrogens is 348 g/mol. The van der Waals surface area contributed by atoms with Gasteiger partial charge in [0, 0.05) is 44.6 Å². The van der Waals surface area contributed by atoms with Crippen molar-refractivity contribution < 1.29 is 0 Å². The van der Waals surface area contributed by atoms with Crippen molar-refractivity contribution in [2.45, 2.75) is 13.5 Å². The lowest BCUT2D eigenvalue weighted by molar-refractivity contribution is 0.250. The zero-order chi connectivity index (χ0) is 19.1. The molecule has 5 rings (SSSR count). The van der Waals surface area contributed by atoms with Gasteiger partial charge < -0.3 is 14.3 Å². The minimum Gasteiger partial charge on any atom is -0.369 e. The van der Waals surface area contributed by atoms with Crippen LogP contribution in [0.1, 0.15) is 11.1 Å². The molecule has 0 spiro atoms. The number of nitrogens with zero attached hydrogens (tertiary/aromatic N) is 3. The summed E-state index contributed by atoms with van der Waals surface area (Å²) >= 11 is 0. The Labute approximate surface area is 163 Å². The fourth-order valence-electron chi connectivity index (χ4n) is 4.28. The third-order valence-corrected chi connectivity index (χ3v) is 5.76. The van der Waals surface area contributed by atoms with Crippen LogP contribution >= 0.6 is 0 Å². The number of anilines is 1. The van der Waals surface area contributed by atoms with Gasteiger partial charge in [0.05, 0.1) is 10.9 Å². The topological polar surface area (TPSA) is 43.8 Å². The van der Waals surface area contributed by atoms with E-state index in [0.717, 1.165) is 49.3 Å². The first-order valence-corrected chi connectivity index (χ1v) is 9.84. The minimum atomic E-state index is -0.0282. The Morgan fingerprint density at radius 3 is 2.54 bits per heavy atom. The molecule has 1 aliphatic rings. The zero-order valence-corrected chi connectivity index (χ0v) is 16.1. The summed E-state index contributed by atoms with van der Waals surface area (Å²) in [4.78, 5) is 20.3. The Morgan fingerprint density at radius 1 is 0.964 bits per heavy atom. The highest BCUT2D eigenvalue weighted by Gasteiger charge is 2.19. The van der Waals surface area contributed by atoms with Gasteiger partial charge in [-0.3, -0.25) is 9.69 Å². The summed E-state index contributed by atoms with van der Waals surface area (Å²) in [7, 11) is 0. The second-order valence-corrected chi connectivity index (χ2v) is 7.62. The van der Waals surface area contributed by atoms with Crippen LogP contribution in [0.4, 0.5) is 5.69 Å². The largest absolute Gasteiger partial charge is 0.369 e. The number of hydrogen-bond acceptors (Lipinski definition) is 3. The van der Waals surface area contributed by atoms with E-state index >= 15 is 0 Å². The Morgan fingerprint density at radius 2 is 1.71 bits per heavy atom. The van der Waals surface area contributed by atoms with Gasteiger partial charge in [0.15, 0.2) is 0 Å². The number of aromatic amines is 1. The molecule has 0 atom stereocenters. The molecule has 1 aliphatic heterocycles. The second-order valence-electron chi connectivity index (χ2n) is 7.62. The van der Waals surface area contributed by atoms with Crippen molar-refractivity contribution in [2.75, 3.05) is 31.1 Å². The molecule has 1 fully saturated rings. The Bertz CT molecular complexity index is 1200. The first-order valence-electron chi connectivity index (χ1n) is 9.84. The number of H-pyrrole nitrogens is 1. The van der Waals surface area contributed by atoms with Crippen molar-refractivity contribution in [3.63, 3.8) is 0 Å². The molecular formula is C23H24N4O. The molecule has 2 aromatic carbocycles. The first kappa shape index (κ1) is 17.1. The monoisotopic (exact) mass is 372 g/mol. The molecule has 28 heavy (non-hydrogen) atoms.